The number of hydrogen-bond donors (Lipinski definition) is 1. The summed E-state index contributed by atoms with van der Waals surface area (Å²) in [4.78, 5) is 12.3. The second kappa shape index (κ2) is 6.52. The number of benzene rings is 1. The maximum Gasteiger partial charge on any atom is 0.223 e. The summed E-state index contributed by atoms with van der Waals surface area (Å²) in [7, 11) is 0. The monoisotopic (exact) mass is 312 g/mol. The number of aromatic nitrogens is 3. The summed E-state index contributed by atoms with van der Waals surface area (Å²) in [6.07, 6.45) is 3.42. The minimum Gasteiger partial charge on any atom is -0.355 e. The molecule has 1 N–H and O–H groups in total. The second-order valence-electron chi connectivity index (χ2n) is 6.59. The Hall–Kier alpha value is -2.17. The van der Waals surface area contributed by atoms with Crippen molar-refractivity contribution in [1.82, 2.24) is 20.1 Å². The van der Waals surface area contributed by atoms with Crippen LogP contribution < -0.4 is 5.32 Å². The van der Waals surface area contributed by atoms with Crippen molar-refractivity contribution in [3.05, 3.63) is 47.5 Å². The van der Waals surface area contributed by atoms with Crippen molar-refractivity contribution in [3.8, 4) is 0 Å². The molecule has 3 rings (SSSR count). The van der Waals surface area contributed by atoms with Crippen molar-refractivity contribution in [2.75, 3.05) is 6.54 Å². The third kappa shape index (κ3) is 3.44. The van der Waals surface area contributed by atoms with Crippen molar-refractivity contribution in [2.45, 2.75) is 45.6 Å². The summed E-state index contributed by atoms with van der Waals surface area (Å²) in [5.41, 5.74) is 2.59. The van der Waals surface area contributed by atoms with Gasteiger partial charge in [0.15, 0.2) is 0 Å². The number of carbonyl (C=O) groups is 1. The Balaban J connectivity index is 1.50. The lowest BCUT2D eigenvalue weighted by Crippen LogP contribution is -2.28. The van der Waals surface area contributed by atoms with E-state index >= 15 is 0 Å². The smallest absolute Gasteiger partial charge is 0.223 e. The molecule has 0 radical (unpaired) electrons. The highest BCUT2D eigenvalue weighted by atomic mass is 16.2. The van der Waals surface area contributed by atoms with Gasteiger partial charge in [-0.15, -0.1) is 10.2 Å². The van der Waals surface area contributed by atoms with Crippen molar-refractivity contribution < 1.29 is 4.79 Å². The third-order valence-electron chi connectivity index (χ3n) is 4.57. The lowest BCUT2D eigenvalue weighted by atomic mass is 10.0. The van der Waals surface area contributed by atoms with Gasteiger partial charge in [0.1, 0.15) is 12.2 Å². The molecule has 1 heterocycles. The molecule has 1 aromatic heterocycles. The Bertz CT molecular complexity index is 692. The van der Waals surface area contributed by atoms with Gasteiger partial charge in [-0.1, -0.05) is 24.3 Å². The molecule has 0 bridgehead atoms. The number of carbonyl (C=O) groups excluding carboxylic acids is 1. The Kier molecular flexibility index (Phi) is 4.46. The highest BCUT2D eigenvalue weighted by Gasteiger charge is 2.44. The molecule has 1 amide bonds. The van der Waals surface area contributed by atoms with Crippen LogP contribution in [0.4, 0.5) is 0 Å². The van der Waals surface area contributed by atoms with Crippen LogP contribution in [0.1, 0.15) is 49.2 Å². The molecule has 122 valence electrons. The van der Waals surface area contributed by atoms with Crippen LogP contribution in [0.3, 0.4) is 0 Å². The fraction of sp³-hybridized carbons (Fsp3) is 0.500. The van der Waals surface area contributed by atoms with Crippen molar-refractivity contribution in [1.29, 1.82) is 0 Å². The Labute approximate surface area is 137 Å². The lowest BCUT2D eigenvalue weighted by molar-refractivity contribution is -0.122. The van der Waals surface area contributed by atoms with Gasteiger partial charge in [0, 0.05) is 24.9 Å². The van der Waals surface area contributed by atoms with E-state index in [0.29, 0.717) is 24.9 Å². The Morgan fingerprint density at radius 3 is 2.91 bits per heavy atom. The van der Waals surface area contributed by atoms with Gasteiger partial charge in [-0.3, -0.25) is 4.79 Å². The fourth-order valence-electron chi connectivity index (χ4n) is 3.14. The first-order chi connectivity index (χ1) is 11.1. The van der Waals surface area contributed by atoms with Gasteiger partial charge < -0.3 is 9.88 Å². The molecule has 1 fully saturated rings. The predicted octanol–water partition coefficient (Wildman–Crippen LogP) is 2.63. The van der Waals surface area contributed by atoms with Gasteiger partial charge in [-0.2, -0.15) is 0 Å². The molecule has 1 aliphatic carbocycles. The third-order valence-corrected chi connectivity index (χ3v) is 4.57. The van der Waals surface area contributed by atoms with Gasteiger partial charge in [0.05, 0.1) is 0 Å². The van der Waals surface area contributed by atoms with Gasteiger partial charge in [0.25, 0.3) is 0 Å². The van der Waals surface area contributed by atoms with Crippen LogP contribution >= 0.6 is 0 Å². The number of nitrogens with one attached hydrogen (secondary N) is 1. The van der Waals surface area contributed by atoms with E-state index in [4.69, 9.17) is 0 Å². The van der Waals surface area contributed by atoms with Gasteiger partial charge in [-0.05, 0) is 44.2 Å². The highest BCUT2D eigenvalue weighted by molar-refractivity contribution is 5.83. The number of hydrogen-bond acceptors (Lipinski definition) is 3. The molecule has 0 spiro atoms. The standard InChI is InChI=1S/C18H24N4O/c1-12(2)22-11-20-21-17(22)8-9-19-18(23)16-10-15(16)14-7-5-4-6-13(14)3/h4-7,11-12,15-16H,8-10H2,1-3H3,(H,19,23)/t15-,16+/m0/s1. The maximum absolute atomic E-state index is 12.3. The molecular weight excluding hydrogens is 288 g/mol. The molecule has 0 saturated heterocycles. The first-order valence-electron chi connectivity index (χ1n) is 8.29. The maximum atomic E-state index is 12.3. The summed E-state index contributed by atoms with van der Waals surface area (Å²) in [6.45, 7) is 6.92. The zero-order chi connectivity index (χ0) is 16.4. The van der Waals surface area contributed by atoms with Crippen LogP contribution in [-0.2, 0) is 11.2 Å². The normalized spacial score (nSPS) is 19.8. The van der Waals surface area contributed by atoms with Crippen LogP contribution in [0.25, 0.3) is 0 Å². The van der Waals surface area contributed by atoms with Gasteiger partial charge >= 0.3 is 0 Å². The number of aryl methyl sites for hydroxylation is 1. The molecule has 23 heavy (non-hydrogen) atoms. The van der Waals surface area contributed by atoms with E-state index in [2.05, 4.69) is 48.4 Å². The molecule has 2 atom stereocenters. The summed E-state index contributed by atoms with van der Waals surface area (Å²) < 4.78 is 2.04. The van der Waals surface area contributed by atoms with E-state index in [1.54, 1.807) is 6.33 Å². The molecule has 1 aliphatic rings. The van der Waals surface area contributed by atoms with E-state index in [0.717, 1.165) is 12.2 Å². The first-order valence-corrected chi connectivity index (χ1v) is 8.29. The molecule has 1 saturated carbocycles. The quantitative estimate of drug-likeness (QED) is 0.892. The van der Waals surface area contributed by atoms with E-state index in [1.165, 1.54) is 11.1 Å². The van der Waals surface area contributed by atoms with Crippen LogP contribution in [-0.4, -0.2) is 27.2 Å². The number of rotatable bonds is 6. The van der Waals surface area contributed by atoms with Crippen molar-refractivity contribution in [2.24, 2.45) is 5.92 Å². The minimum absolute atomic E-state index is 0.124. The molecule has 1 aromatic carbocycles. The second-order valence-corrected chi connectivity index (χ2v) is 6.59. The Morgan fingerprint density at radius 2 is 2.17 bits per heavy atom. The molecule has 0 aliphatic heterocycles. The molecular formula is C18H24N4O. The molecule has 2 aromatic rings. The summed E-state index contributed by atoms with van der Waals surface area (Å²) >= 11 is 0. The summed E-state index contributed by atoms with van der Waals surface area (Å²) in [6, 6.07) is 8.68. The van der Waals surface area contributed by atoms with Gasteiger partial charge in [0.2, 0.25) is 5.91 Å². The predicted molar refractivity (Wildman–Crippen MR) is 89.1 cm³/mol. The highest BCUT2D eigenvalue weighted by Crippen LogP contribution is 2.48. The lowest BCUT2D eigenvalue weighted by Gasteiger charge is -2.10. The van der Waals surface area contributed by atoms with Gasteiger partial charge in [-0.25, -0.2) is 0 Å². The minimum atomic E-state index is 0.124. The zero-order valence-electron chi connectivity index (χ0n) is 14.0. The van der Waals surface area contributed by atoms with E-state index in [1.807, 2.05) is 16.7 Å². The van der Waals surface area contributed by atoms with Crippen molar-refractivity contribution in [3.63, 3.8) is 0 Å². The number of nitrogens with zero attached hydrogens (tertiary/aromatic N) is 3. The number of amides is 1. The average Bonchev–Trinajstić information content (AvgIpc) is 3.17. The van der Waals surface area contributed by atoms with Crippen LogP contribution in [0.5, 0.6) is 0 Å². The summed E-state index contributed by atoms with van der Waals surface area (Å²) in [5.74, 6) is 1.59. The van der Waals surface area contributed by atoms with Crippen LogP contribution in [0, 0.1) is 12.8 Å². The topological polar surface area (TPSA) is 59.8 Å². The zero-order valence-corrected chi connectivity index (χ0v) is 14.0. The van der Waals surface area contributed by atoms with Crippen LogP contribution in [0.15, 0.2) is 30.6 Å². The largest absolute Gasteiger partial charge is 0.355 e. The van der Waals surface area contributed by atoms with Crippen LogP contribution in [0.2, 0.25) is 0 Å². The van der Waals surface area contributed by atoms with E-state index in [9.17, 15) is 4.79 Å². The molecule has 5 nitrogen and oxygen atoms in total. The molecule has 0 unspecified atom stereocenters. The first kappa shape index (κ1) is 15.7. The van der Waals surface area contributed by atoms with E-state index in [-0.39, 0.29) is 11.8 Å². The van der Waals surface area contributed by atoms with E-state index < -0.39 is 0 Å². The SMILES string of the molecule is Cc1ccccc1[C@@H]1C[C@H]1C(=O)NCCc1nncn1C(C)C. The van der Waals surface area contributed by atoms with Crippen molar-refractivity contribution >= 4 is 5.91 Å². The average molecular weight is 312 g/mol. The summed E-state index contributed by atoms with van der Waals surface area (Å²) in [5, 5.41) is 11.1. The molecule has 5 heteroatoms. The fourth-order valence-corrected chi connectivity index (χ4v) is 3.14. The Morgan fingerprint density at radius 1 is 1.39 bits per heavy atom.